The van der Waals surface area contributed by atoms with Gasteiger partial charge < -0.3 is 35.4 Å². The third-order valence-electron chi connectivity index (χ3n) is 7.24. The molecule has 2 bridgehead atoms. The number of phenols is 2. The van der Waals surface area contributed by atoms with Gasteiger partial charge in [0.05, 0.1) is 24.3 Å². The van der Waals surface area contributed by atoms with Crippen LogP contribution >= 0.6 is 0 Å². The van der Waals surface area contributed by atoms with Crippen molar-refractivity contribution in [2.75, 3.05) is 12.4 Å². The Morgan fingerprint density at radius 2 is 1.79 bits per heavy atom. The topological polar surface area (TPSA) is 154 Å². The number of hydrogen-bond donors (Lipinski definition) is 5. The minimum absolute atomic E-state index is 0.0120. The predicted octanol–water partition coefficient (Wildman–Crippen LogP) is 4.46. The van der Waals surface area contributed by atoms with Crippen molar-refractivity contribution in [2.45, 2.75) is 84.7 Å². The smallest absolute Gasteiger partial charge is 0.328 e. The zero-order valence-electron chi connectivity index (χ0n) is 25.9. The summed E-state index contributed by atoms with van der Waals surface area (Å²) in [5.74, 6) is -2.30. The van der Waals surface area contributed by atoms with Gasteiger partial charge in [-0.3, -0.25) is 9.59 Å². The molecular weight excluding hydrogens is 552 g/mol. The lowest BCUT2D eigenvalue weighted by atomic mass is 9.90. The number of ether oxygens (including phenoxy) is 2. The molecule has 10 nitrogen and oxygen atoms in total. The average molecular weight is 599 g/mol. The van der Waals surface area contributed by atoms with E-state index in [-0.39, 0.29) is 35.4 Å². The molecule has 0 fully saturated rings. The second-order valence-corrected chi connectivity index (χ2v) is 11.1. The number of rotatable bonds is 5. The molecule has 1 aliphatic rings. The molecule has 0 saturated heterocycles. The molecule has 5 N–H and O–H groups in total. The number of aliphatic hydroxyl groups excluding tert-OH is 1. The predicted molar refractivity (Wildman–Crippen MR) is 165 cm³/mol. The van der Waals surface area contributed by atoms with Crippen molar-refractivity contribution in [3.63, 3.8) is 0 Å². The fraction of sp³-hybridized carbons (Fsp3) is 0.485. The number of fused-ring (bicyclic) bond motifs is 2. The van der Waals surface area contributed by atoms with Gasteiger partial charge in [-0.05, 0) is 43.9 Å². The van der Waals surface area contributed by atoms with E-state index in [1.807, 2.05) is 12.2 Å². The van der Waals surface area contributed by atoms with Gasteiger partial charge in [0.15, 0.2) is 0 Å². The van der Waals surface area contributed by atoms with Crippen molar-refractivity contribution in [2.24, 2.45) is 11.8 Å². The minimum atomic E-state index is -0.946. The van der Waals surface area contributed by atoms with Crippen LogP contribution in [0.3, 0.4) is 0 Å². The summed E-state index contributed by atoms with van der Waals surface area (Å²) in [5, 5.41) is 37.5. The molecule has 0 saturated carbocycles. The van der Waals surface area contributed by atoms with E-state index in [2.05, 4.69) is 10.6 Å². The molecule has 1 aliphatic heterocycles. The lowest BCUT2D eigenvalue weighted by Gasteiger charge is -2.29. The van der Waals surface area contributed by atoms with E-state index in [1.54, 1.807) is 65.0 Å². The second-order valence-electron chi connectivity index (χ2n) is 11.1. The highest BCUT2D eigenvalue weighted by Gasteiger charge is 2.30. The van der Waals surface area contributed by atoms with Crippen LogP contribution in [0.15, 0.2) is 60.2 Å². The fourth-order valence-electron chi connectivity index (χ4n) is 4.44. The molecule has 0 spiro atoms. The SMILES string of the molecule is COC1C=CC=CC=CCC(OC(=O)C(C)NC(=O)C(C)C)C(C)C(O)C(C)=CCCc2cc(O)cc(c2O)NC(=O)C1. The Morgan fingerprint density at radius 1 is 1.09 bits per heavy atom. The first-order valence-corrected chi connectivity index (χ1v) is 14.6. The summed E-state index contributed by atoms with van der Waals surface area (Å²) in [6, 6.07) is 1.85. The molecule has 10 heteroatoms. The van der Waals surface area contributed by atoms with E-state index in [0.29, 0.717) is 30.4 Å². The van der Waals surface area contributed by atoms with Crippen LogP contribution in [0.4, 0.5) is 5.69 Å². The number of anilines is 1. The molecule has 0 radical (unpaired) electrons. The van der Waals surface area contributed by atoms with Gasteiger partial charge in [0.1, 0.15) is 23.6 Å². The second kappa shape index (κ2) is 17.3. The molecule has 0 aromatic heterocycles. The summed E-state index contributed by atoms with van der Waals surface area (Å²) >= 11 is 0. The largest absolute Gasteiger partial charge is 0.508 e. The normalized spacial score (nSPS) is 23.1. The number of amides is 2. The quantitative estimate of drug-likeness (QED) is 0.144. The Hall–Kier alpha value is -3.89. The van der Waals surface area contributed by atoms with E-state index in [4.69, 9.17) is 9.47 Å². The molecule has 1 aromatic rings. The molecule has 5 atom stereocenters. The summed E-state index contributed by atoms with van der Waals surface area (Å²) in [4.78, 5) is 37.6. The number of carbonyl (C=O) groups excluding carboxylic acids is 3. The summed E-state index contributed by atoms with van der Waals surface area (Å²) in [5.41, 5.74) is 1.16. The Balaban J connectivity index is 2.36. The average Bonchev–Trinajstić information content (AvgIpc) is 2.95. The Morgan fingerprint density at radius 3 is 2.47 bits per heavy atom. The number of nitrogens with one attached hydrogen (secondary N) is 2. The molecular formula is C33H46N2O8. The van der Waals surface area contributed by atoms with Crippen LogP contribution in [0, 0.1) is 11.8 Å². The van der Waals surface area contributed by atoms with E-state index in [0.717, 1.165) is 0 Å². The molecule has 5 unspecified atom stereocenters. The van der Waals surface area contributed by atoms with Gasteiger partial charge in [-0.25, -0.2) is 4.79 Å². The van der Waals surface area contributed by atoms with Gasteiger partial charge in [0, 0.05) is 31.4 Å². The highest BCUT2D eigenvalue weighted by atomic mass is 16.5. The Kier molecular flexibility index (Phi) is 14.2. The van der Waals surface area contributed by atoms with Crippen molar-refractivity contribution in [3.05, 3.63) is 65.8 Å². The fourth-order valence-corrected chi connectivity index (χ4v) is 4.44. The highest BCUT2D eigenvalue weighted by Crippen LogP contribution is 2.34. The zero-order chi connectivity index (χ0) is 32.1. The number of phenolic OH excluding ortho intramolecular Hbond substituents is 2. The van der Waals surface area contributed by atoms with Gasteiger partial charge in [-0.2, -0.15) is 0 Å². The van der Waals surface area contributed by atoms with Gasteiger partial charge in [0.25, 0.3) is 0 Å². The number of aliphatic hydroxyl groups is 1. The van der Waals surface area contributed by atoms with Crippen LogP contribution in [-0.2, 0) is 30.3 Å². The number of allylic oxidation sites excluding steroid dienone is 5. The number of hydrogen-bond acceptors (Lipinski definition) is 8. The first kappa shape index (κ1) is 35.3. The van der Waals surface area contributed by atoms with Crippen LogP contribution < -0.4 is 10.6 Å². The van der Waals surface area contributed by atoms with Crippen LogP contribution in [-0.4, -0.2) is 64.6 Å². The summed E-state index contributed by atoms with van der Waals surface area (Å²) in [6.45, 7) is 8.59. The minimum Gasteiger partial charge on any atom is -0.508 e. The standard InChI is InChI=1S/C33H46N2O8/c1-20(2)32(40)34-23(5)33(41)43-28-16-11-9-7-8-10-15-26(42-6)19-29(37)35-27-18-25(36)17-24(31(27)39)14-12-13-21(3)30(38)22(28)4/h7-11,13,15,17-18,20,22-23,26,28,30,36,38-39H,12,14,16,19H2,1-6H3,(H,34,40)(H,35,37). The summed E-state index contributed by atoms with van der Waals surface area (Å²) in [7, 11) is 1.49. The van der Waals surface area contributed by atoms with E-state index < -0.39 is 42.1 Å². The molecule has 1 heterocycles. The van der Waals surface area contributed by atoms with Crippen molar-refractivity contribution >= 4 is 23.5 Å². The zero-order valence-corrected chi connectivity index (χ0v) is 25.9. The molecule has 0 aliphatic carbocycles. The maximum Gasteiger partial charge on any atom is 0.328 e. The number of aromatic hydroxyl groups is 2. The van der Waals surface area contributed by atoms with Gasteiger partial charge in [-0.15, -0.1) is 0 Å². The van der Waals surface area contributed by atoms with Gasteiger partial charge in [-0.1, -0.05) is 63.3 Å². The van der Waals surface area contributed by atoms with Crippen molar-refractivity contribution in [3.8, 4) is 11.5 Å². The van der Waals surface area contributed by atoms with Crippen LogP contribution in [0.25, 0.3) is 0 Å². The maximum absolute atomic E-state index is 12.9. The highest BCUT2D eigenvalue weighted by molar-refractivity contribution is 5.93. The van der Waals surface area contributed by atoms with Crippen molar-refractivity contribution < 1.29 is 39.2 Å². The van der Waals surface area contributed by atoms with Crippen LogP contribution in [0.1, 0.15) is 59.4 Å². The molecule has 2 rings (SSSR count). The van der Waals surface area contributed by atoms with Crippen LogP contribution in [0.5, 0.6) is 11.5 Å². The molecule has 1 aromatic carbocycles. The van der Waals surface area contributed by atoms with Crippen LogP contribution in [0.2, 0.25) is 0 Å². The van der Waals surface area contributed by atoms with Crippen molar-refractivity contribution in [1.82, 2.24) is 5.32 Å². The van der Waals surface area contributed by atoms with E-state index in [1.165, 1.54) is 19.2 Å². The molecule has 236 valence electrons. The maximum atomic E-state index is 12.9. The number of methoxy groups -OCH3 is 1. The third kappa shape index (κ3) is 11.4. The lowest BCUT2D eigenvalue weighted by Crippen LogP contribution is -2.44. The lowest BCUT2D eigenvalue weighted by molar-refractivity contribution is -0.156. The van der Waals surface area contributed by atoms with Crippen molar-refractivity contribution in [1.29, 1.82) is 0 Å². The van der Waals surface area contributed by atoms with Gasteiger partial charge >= 0.3 is 5.97 Å². The van der Waals surface area contributed by atoms with E-state index in [9.17, 15) is 29.7 Å². The number of benzene rings is 1. The number of esters is 1. The molecule has 43 heavy (non-hydrogen) atoms. The first-order valence-electron chi connectivity index (χ1n) is 14.6. The Bertz CT molecular complexity index is 1230. The third-order valence-corrected chi connectivity index (χ3v) is 7.24. The molecule has 2 amide bonds. The van der Waals surface area contributed by atoms with E-state index >= 15 is 0 Å². The summed E-state index contributed by atoms with van der Waals surface area (Å²) in [6.07, 6.45) is 11.3. The number of carbonyl (C=O) groups is 3. The summed E-state index contributed by atoms with van der Waals surface area (Å²) < 4.78 is 11.2. The van der Waals surface area contributed by atoms with Gasteiger partial charge in [0.2, 0.25) is 11.8 Å². The number of aryl methyl sites for hydroxylation is 1. The first-order chi connectivity index (χ1) is 20.3. The Labute approximate surface area is 254 Å². The monoisotopic (exact) mass is 598 g/mol.